The molecule has 0 saturated carbocycles. The van der Waals surface area contributed by atoms with Gasteiger partial charge in [0.1, 0.15) is 0 Å². The van der Waals surface area contributed by atoms with Gasteiger partial charge in [-0.15, -0.1) is 0 Å². The van der Waals surface area contributed by atoms with Crippen LogP contribution in [0.4, 0.5) is 5.69 Å². The number of para-hydroxylation sites is 1. The zero-order valence-corrected chi connectivity index (χ0v) is 22.2. The summed E-state index contributed by atoms with van der Waals surface area (Å²) in [6, 6.07) is 5.95. The maximum absolute atomic E-state index is 13.2. The van der Waals surface area contributed by atoms with Gasteiger partial charge < -0.3 is 5.32 Å². The standard InChI is InChI=1S/C27H38N2O8/c1-5-7-9-13-17-34-36-26(30)23-19(3)28-20(4)24(27(31)37-35-18-14-10-8-6-2)25(23)21-15-11-12-16-22(21)29(32)33/h11-12,15-16,25,28H,5-10,13-14,17-18H2,1-4H3. The summed E-state index contributed by atoms with van der Waals surface area (Å²) in [5.41, 5.74) is 0.713. The van der Waals surface area contributed by atoms with Crippen LogP contribution < -0.4 is 5.32 Å². The molecule has 0 amide bonds. The Labute approximate surface area is 218 Å². The zero-order valence-electron chi connectivity index (χ0n) is 22.2. The summed E-state index contributed by atoms with van der Waals surface area (Å²) in [6.45, 7) is 7.88. The lowest BCUT2D eigenvalue weighted by atomic mass is 9.80. The number of dihydropyridines is 1. The van der Waals surface area contributed by atoms with Gasteiger partial charge in [-0.05, 0) is 26.7 Å². The number of rotatable bonds is 16. The number of carbonyl (C=O) groups excluding carboxylic acids is 2. The molecule has 0 aromatic heterocycles. The number of nitro benzene ring substituents is 1. The highest BCUT2D eigenvalue weighted by atomic mass is 17.2. The van der Waals surface area contributed by atoms with E-state index in [1.165, 1.54) is 18.2 Å². The van der Waals surface area contributed by atoms with Gasteiger partial charge in [0.15, 0.2) is 0 Å². The van der Waals surface area contributed by atoms with Crippen LogP contribution in [0.3, 0.4) is 0 Å². The highest BCUT2D eigenvalue weighted by Gasteiger charge is 2.41. The van der Waals surface area contributed by atoms with Gasteiger partial charge in [-0.1, -0.05) is 70.6 Å². The Bertz CT molecular complexity index is 952. The van der Waals surface area contributed by atoms with Crippen LogP contribution in [0.5, 0.6) is 0 Å². The smallest absolute Gasteiger partial charge is 0.362 e. The highest BCUT2D eigenvalue weighted by Crippen LogP contribution is 2.42. The number of nitro groups is 1. The van der Waals surface area contributed by atoms with Gasteiger partial charge in [-0.25, -0.2) is 9.59 Å². The third-order valence-electron chi connectivity index (χ3n) is 6.08. The number of hydrogen-bond donors (Lipinski definition) is 1. The molecule has 1 heterocycles. The molecule has 10 nitrogen and oxygen atoms in total. The van der Waals surface area contributed by atoms with E-state index in [2.05, 4.69) is 19.2 Å². The van der Waals surface area contributed by atoms with Crippen molar-refractivity contribution in [2.45, 2.75) is 85.0 Å². The van der Waals surface area contributed by atoms with Crippen molar-refractivity contribution in [3.05, 3.63) is 62.5 Å². The fraction of sp³-hybridized carbons (Fsp3) is 0.556. The second kappa shape index (κ2) is 15.8. The lowest BCUT2D eigenvalue weighted by Gasteiger charge is -2.29. The molecule has 1 aromatic rings. The lowest BCUT2D eigenvalue weighted by molar-refractivity contribution is -0.385. The van der Waals surface area contributed by atoms with Gasteiger partial charge in [0.25, 0.3) is 5.69 Å². The number of allylic oxidation sites excluding steroid dienone is 2. The highest BCUT2D eigenvalue weighted by molar-refractivity contribution is 5.99. The Kier molecular flexibility index (Phi) is 12.8. The third-order valence-corrected chi connectivity index (χ3v) is 6.08. The summed E-state index contributed by atoms with van der Waals surface area (Å²) in [7, 11) is 0. The number of nitrogens with zero attached hydrogens (tertiary/aromatic N) is 1. The maximum Gasteiger partial charge on any atom is 0.371 e. The van der Waals surface area contributed by atoms with Crippen LogP contribution in [0.1, 0.15) is 90.5 Å². The molecule has 0 atom stereocenters. The second-order valence-corrected chi connectivity index (χ2v) is 8.96. The van der Waals surface area contributed by atoms with Crippen LogP contribution in [0, 0.1) is 10.1 Å². The summed E-state index contributed by atoms with van der Waals surface area (Å²) < 4.78 is 0. The van der Waals surface area contributed by atoms with Crippen molar-refractivity contribution in [2.24, 2.45) is 0 Å². The molecule has 1 aliphatic heterocycles. The minimum atomic E-state index is -1.13. The van der Waals surface area contributed by atoms with Crippen molar-refractivity contribution in [3.63, 3.8) is 0 Å². The molecule has 2 rings (SSSR count). The molecule has 1 N–H and O–H groups in total. The summed E-state index contributed by atoms with van der Waals surface area (Å²) in [5, 5.41) is 14.9. The molecule has 0 radical (unpaired) electrons. The third kappa shape index (κ3) is 8.68. The SMILES string of the molecule is CCCCCCOOC(=O)C1=C(C)NC(C)=C(C(=O)OOCCCCCC)C1c1ccccc1[N+](=O)[O-]. The molecule has 0 aliphatic carbocycles. The number of carbonyl (C=O) groups is 2. The Balaban J connectivity index is 2.33. The van der Waals surface area contributed by atoms with Gasteiger partial charge >= 0.3 is 11.9 Å². The first-order valence-corrected chi connectivity index (χ1v) is 12.9. The van der Waals surface area contributed by atoms with Crippen LogP contribution in [-0.4, -0.2) is 30.1 Å². The number of hydrogen-bond acceptors (Lipinski definition) is 9. The quantitative estimate of drug-likeness (QED) is 0.122. The van der Waals surface area contributed by atoms with E-state index in [0.717, 1.165) is 51.4 Å². The molecule has 0 saturated heterocycles. The number of unbranched alkanes of at least 4 members (excludes halogenated alkanes) is 6. The van der Waals surface area contributed by atoms with Gasteiger partial charge in [-0.3, -0.25) is 19.9 Å². The first kappa shape index (κ1) is 30.0. The molecule has 0 spiro atoms. The first-order valence-electron chi connectivity index (χ1n) is 12.9. The molecular weight excluding hydrogens is 480 g/mol. The summed E-state index contributed by atoms with van der Waals surface area (Å²) in [5.74, 6) is -2.82. The van der Waals surface area contributed by atoms with Crippen LogP contribution in [0.2, 0.25) is 0 Å². The van der Waals surface area contributed by atoms with Crippen molar-refractivity contribution in [2.75, 3.05) is 13.2 Å². The Morgan fingerprint density at radius 3 is 1.78 bits per heavy atom. The van der Waals surface area contributed by atoms with E-state index in [4.69, 9.17) is 19.6 Å². The monoisotopic (exact) mass is 518 g/mol. The number of nitrogens with one attached hydrogen (secondary N) is 1. The largest absolute Gasteiger partial charge is 0.371 e. The number of benzene rings is 1. The van der Waals surface area contributed by atoms with E-state index in [0.29, 0.717) is 11.4 Å². The molecule has 37 heavy (non-hydrogen) atoms. The zero-order chi connectivity index (χ0) is 27.2. The van der Waals surface area contributed by atoms with Crippen molar-refractivity contribution >= 4 is 17.6 Å². The van der Waals surface area contributed by atoms with E-state index in [1.54, 1.807) is 19.9 Å². The van der Waals surface area contributed by atoms with Crippen LogP contribution in [0.15, 0.2) is 46.8 Å². The topological polar surface area (TPSA) is 126 Å². The molecule has 0 bridgehead atoms. The van der Waals surface area contributed by atoms with Gasteiger partial charge in [0.05, 0.1) is 35.2 Å². The molecule has 204 valence electrons. The van der Waals surface area contributed by atoms with Gasteiger partial charge in [0.2, 0.25) is 0 Å². The van der Waals surface area contributed by atoms with Crippen LogP contribution >= 0.6 is 0 Å². The van der Waals surface area contributed by atoms with Crippen LogP contribution in [-0.2, 0) is 29.1 Å². The van der Waals surface area contributed by atoms with E-state index < -0.39 is 22.8 Å². The average Bonchev–Trinajstić information content (AvgIpc) is 2.87. The van der Waals surface area contributed by atoms with E-state index >= 15 is 0 Å². The summed E-state index contributed by atoms with van der Waals surface area (Å²) >= 11 is 0. The van der Waals surface area contributed by atoms with Crippen molar-refractivity contribution < 1.29 is 34.1 Å². The van der Waals surface area contributed by atoms with E-state index in [9.17, 15) is 19.7 Å². The van der Waals surface area contributed by atoms with Crippen molar-refractivity contribution in [3.8, 4) is 0 Å². The minimum absolute atomic E-state index is 0.0170. The molecular formula is C27H38N2O8. The predicted molar refractivity (Wildman–Crippen MR) is 137 cm³/mol. The fourth-order valence-electron chi connectivity index (χ4n) is 4.20. The first-order chi connectivity index (χ1) is 17.8. The summed E-state index contributed by atoms with van der Waals surface area (Å²) in [6.07, 6.45) is 7.51. The average molecular weight is 519 g/mol. The molecule has 0 unspecified atom stereocenters. The Morgan fingerprint density at radius 2 is 1.32 bits per heavy atom. The molecule has 0 fully saturated rings. The van der Waals surface area contributed by atoms with Crippen molar-refractivity contribution in [1.29, 1.82) is 0 Å². The molecule has 10 heteroatoms. The summed E-state index contributed by atoms with van der Waals surface area (Å²) in [4.78, 5) is 58.1. The fourth-order valence-corrected chi connectivity index (χ4v) is 4.20. The Morgan fingerprint density at radius 1 is 0.838 bits per heavy atom. The maximum atomic E-state index is 13.2. The van der Waals surface area contributed by atoms with Crippen molar-refractivity contribution in [1.82, 2.24) is 5.32 Å². The normalized spacial score (nSPS) is 13.9. The Hall–Kier alpha value is -3.24. The molecule has 1 aliphatic rings. The van der Waals surface area contributed by atoms with E-state index in [1.807, 2.05) is 0 Å². The lowest BCUT2D eigenvalue weighted by Crippen LogP contribution is -2.33. The minimum Gasteiger partial charge on any atom is -0.362 e. The van der Waals surface area contributed by atoms with Gasteiger partial charge in [0, 0.05) is 23.0 Å². The second-order valence-electron chi connectivity index (χ2n) is 8.96. The van der Waals surface area contributed by atoms with Gasteiger partial charge in [-0.2, -0.15) is 9.78 Å². The van der Waals surface area contributed by atoms with Crippen LogP contribution in [0.25, 0.3) is 0 Å². The molecule has 1 aromatic carbocycles. The predicted octanol–water partition coefficient (Wildman–Crippen LogP) is 5.94. The van der Waals surface area contributed by atoms with E-state index in [-0.39, 0.29) is 35.6 Å².